The van der Waals surface area contributed by atoms with Gasteiger partial charge < -0.3 is 5.32 Å². The molecule has 1 rings (SSSR count). The molecule has 0 atom stereocenters. The third-order valence-corrected chi connectivity index (χ3v) is 0.970. The van der Waals surface area contributed by atoms with Gasteiger partial charge in [-0.25, -0.2) is 0 Å². The fourth-order valence-electron chi connectivity index (χ4n) is 0.548. The summed E-state index contributed by atoms with van der Waals surface area (Å²) in [6.45, 7) is 0. The van der Waals surface area contributed by atoms with E-state index in [4.69, 9.17) is 0 Å². The van der Waals surface area contributed by atoms with Gasteiger partial charge in [-0.1, -0.05) is 0 Å². The molecule has 0 radical (unpaired) electrons. The van der Waals surface area contributed by atoms with Crippen molar-refractivity contribution in [2.45, 2.75) is 0 Å². The minimum atomic E-state index is 0.910. The van der Waals surface area contributed by atoms with Crippen LogP contribution in [0, 0.1) is 0 Å². The Kier molecular flexibility index (Phi) is 1.20. The average molecular weight is 111 g/mol. The minimum absolute atomic E-state index is 0.910. The monoisotopic (exact) mass is 111 g/mol. The van der Waals surface area contributed by atoms with Crippen molar-refractivity contribution < 1.29 is 0 Å². The van der Waals surface area contributed by atoms with Gasteiger partial charge in [-0.2, -0.15) is 5.10 Å². The van der Waals surface area contributed by atoms with E-state index in [1.807, 2.05) is 26.4 Å². The molecule has 0 aromatic carbocycles. The van der Waals surface area contributed by atoms with Gasteiger partial charge in [0, 0.05) is 26.4 Å². The molecule has 3 heteroatoms. The van der Waals surface area contributed by atoms with Gasteiger partial charge >= 0.3 is 0 Å². The highest BCUT2D eigenvalue weighted by molar-refractivity contribution is 5.30. The minimum Gasteiger partial charge on any atom is -0.372 e. The van der Waals surface area contributed by atoms with Crippen molar-refractivity contribution in [2.24, 2.45) is 7.05 Å². The zero-order chi connectivity index (χ0) is 5.98. The molecule has 0 aliphatic heterocycles. The lowest BCUT2D eigenvalue weighted by molar-refractivity contribution is 0.770. The van der Waals surface area contributed by atoms with Gasteiger partial charge in [-0.05, 0) is 0 Å². The molecule has 44 valence electrons. The normalized spacial score (nSPS) is 9.25. The molecule has 0 amide bonds. The predicted octanol–water partition coefficient (Wildman–Crippen LogP) is 0.462. The Hall–Kier alpha value is -0.990. The van der Waals surface area contributed by atoms with Crippen molar-refractivity contribution in [3.8, 4) is 0 Å². The number of anilines is 1. The Balaban J connectivity index is 2.84. The van der Waals surface area contributed by atoms with Crippen LogP contribution in [0.4, 0.5) is 5.82 Å². The van der Waals surface area contributed by atoms with Crippen LogP contribution in [0.3, 0.4) is 0 Å². The maximum Gasteiger partial charge on any atom is 0.147 e. The van der Waals surface area contributed by atoms with E-state index in [9.17, 15) is 0 Å². The highest BCUT2D eigenvalue weighted by Gasteiger charge is 1.86. The lowest BCUT2D eigenvalue weighted by Crippen LogP contribution is -1.91. The van der Waals surface area contributed by atoms with Gasteiger partial charge in [0.2, 0.25) is 0 Å². The number of hydrogen-bond donors (Lipinski definition) is 1. The Morgan fingerprint density at radius 1 is 1.75 bits per heavy atom. The quantitative estimate of drug-likeness (QED) is 0.570. The van der Waals surface area contributed by atoms with Crippen molar-refractivity contribution in [1.82, 2.24) is 9.78 Å². The first kappa shape index (κ1) is 5.15. The number of rotatable bonds is 1. The van der Waals surface area contributed by atoms with Crippen molar-refractivity contribution in [1.29, 1.82) is 0 Å². The van der Waals surface area contributed by atoms with E-state index >= 15 is 0 Å². The second-order valence-electron chi connectivity index (χ2n) is 1.62. The Morgan fingerprint density at radius 2 is 2.50 bits per heavy atom. The molecule has 8 heavy (non-hydrogen) atoms. The van der Waals surface area contributed by atoms with Crippen molar-refractivity contribution in [3.63, 3.8) is 0 Å². The van der Waals surface area contributed by atoms with Crippen LogP contribution >= 0.6 is 0 Å². The van der Waals surface area contributed by atoms with E-state index in [-0.39, 0.29) is 0 Å². The largest absolute Gasteiger partial charge is 0.372 e. The second-order valence-corrected chi connectivity index (χ2v) is 1.62. The van der Waals surface area contributed by atoms with Crippen molar-refractivity contribution in [2.75, 3.05) is 12.4 Å². The van der Waals surface area contributed by atoms with Crippen LogP contribution in [0.25, 0.3) is 0 Å². The fraction of sp³-hybridized carbons (Fsp3) is 0.400. The summed E-state index contributed by atoms with van der Waals surface area (Å²) in [5, 5.41) is 6.95. The average Bonchev–Trinajstić information content (AvgIpc) is 2.14. The first-order valence-electron chi connectivity index (χ1n) is 2.50. The third kappa shape index (κ3) is 0.804. The van der Waals surface area contributed by atoms with E-state index in [2.05, 4.69) is 10.4 Å². The van der Waals surface area contributed by atoms with Crippen LogP contribution in [0.15, 0.2) is 12.3 Å². The molecule has 1 heterocycles. The van der Waals surface area contributed by atoms with E-state index in [1.54, 1.807) is 4.68 Å². The highest BCUT2D eigenvalue weighted by atomic mass is 15.3. The second kappa shape index (κ2) is 1.86. The van der Waals surface area contributed by atoms with Crippen LogP contribution in [0.1, 0.15) is 0 Å². The summed E-state index contributed by atoms with van der Waals surface area (Å²) >= 11 is 0. The van der Waals surface area contributed by atoms with Crippen molar-refractivity contribution >= 4 is 5.82 Å². The first-order chi connectivity index (χ1) is 3.83. The van der Waals surface area contributed by atoms with Crippen LogP contribution in [0.2, 0.25) is 0 Å². The van der Waals surface area contributed by atoms with Gasteiger partial charge in [0.15, 0.2) is 0 Å². The van der Waals surface area contributed by atoms with E-state index in [1.165, 1.54) is 0 Å². The first-order valence-corrected chi connectivity index (χ1v) is 2.50. The van der Waals surface area contributed by atoms with Crippen LogP contribution in [0.5, 0.6) is 0 Å². The Bertz CT molecular complexity index is 168. The summed E-state index contributed by atoms with van der Waals surface area (Å²) in [5.41, 5.74) is 0. The molecule has 0 saturated heterocycles. The lowest BCUT2D eigenvalue weighted by Gasteiger charge is -1.87. The maximum absolute atomic E-state index is 4.03. The topological polar surface area (TPSA) is 29.9 Å². The zero-order valence-electron chi connectivity index (χ0n) is 5.05. The van der Waals surface area contributed by atoms with Crippen LogP contribution in [-0.2, 0) is 7.05 Å². The molecule has 0 aliphatic carbocycles. The molecule has 0 saturated carbocycles. The van der Waals surface area contributed by atoms with Gasteiger partial charge in [0.05, 0.1) is 0 Å². The smallest absolute Gasteiger partial charge is 0.147 e. The number of aromatic nitrogens is 2. The molecule has 1 aromatic rings. The highest BCUT2D eigenvalue weighted by Crippen LogP contribution is 1.96. The summed E-state index contributed by atoms with van der Waals surface area (Å²) in [7, 11) is 3.74. The molecule has 0 aliphatic rings. The van der Waals surface area contributed by atoms with Gasteiger partial charge in [0.25, 0.3) is 0 Å². The third-order valence-electron chi connectivity index (χ3n) is 0.970. The maximum atomic E-state index is 4.03. The van der Waals surface area contributed by atoms with Gasteiger partial charge in [-0.15, -0.1) is 0 Å². The molecule has 1 N–H and O–H groups in total. The SMILES string of the molecule is CNc1ccn(C)n1. The molecule has 0 fully saturated rings. The summed E-state index contributed by atoms with van der Waals surface area (Å²) in [6, 6.07) is 1.92. The Labute approximate surface area is 48.3 Å². The Morgan fingerprint density at radius 3 is 2.75 bits per heavy atom. The lowest BCUT2D eigenvalue weighted by atomic mass is 10.6. The molecule has 0 bridgehead atoms. The summed E-state index contributed by atoms with van der Waals surface area (Å²) < 4.78 is 1.76. The van der Waals surface area contributed by atoms with Gasteiger partial charge in [-0.3, -0.25) is 4.68 Å². The molecule has 3 nitrogen and oxygen atoms in total. The molecular formula is C5H9N3. The number of nitrogens with zero attached hydrogens (tertiary/aromatic N) is 2. The predicted molar refractivity (Wildman–Crippen MR) is 32.8 cm³/mol. The van der Waals surface area contributed by atoms with Crippen LogP contribution in [-0.4, -0.2) is 16.8 Å². The number of nitrogens with one attached hydrogen (secondary N) is 1. The van der Waals surface area contributed by atoms with E-state index in [0.717, 1.165) is 5.82 Å². The summed E-state index contributed by atoms with van der Waals surface area (Å²) in [6.07, 6.45) is 1.89. The molecule has 1 aromatic heterocycles. The van der Waals surface area contributed by atoms with E-state index in [0.29, 0.717) is 0 Å². The van der Waals surface area contributed by atoms with Crippen molar-refractivity contribution in [3.05, 3.63) is 12.3 Å². The fourth-order valence-corrected chi connectivity index (χ4v) is 0.548. The van der Waals surface area contributed by atoms with Gasteiger partial charge in [0.1, 0.15) is 5.82 Å². The molecule has 0 spiro atoms. The summed E-state index contributed by atoms with van der Waals surface area (Å²) in [5.74, 6) is 0.910. The molecular weight excluding hydrogens is 102 g/mol. The number of aryl methyl sites for hydroxylation is 1. The van der Waals surface area contributed by atoms with Crippen LogP contribution < -0.4 is 5.32 Å². The van der Waals surface area contributed by atoms with E-state index < -0.39 is 0 Å². The molecule has 0 unspecified atom stereocenters. The summed E-state index contributed by atoms with van der Waals surface area (Å²) in [4.78, 5) is 0. The zero-order valence-corrected chi connectivity index (χ0v) is 5.05. The number of hydrogen-bond acceptors (Lipinski definition) is 2. The standard InChI is InChI=1S/C5H9N3/c1-6-5-3-4-8(2)7-5/h3-4H,1-2H3,(H,6,7).